The highest BCUT2D eigenvalue weighted by Gasteiger charge is 2.08. The molecular weight excluding hydrogens is 300 g/mol. The van der Waals surface area contributed by atoms with Crippen molar-refractivity contribution in [3.05, 3.63) is 59.1 Å². The maximum Gasteiger partial charge on any atom is 0.125 e. The van der Waals surface area contributed by atoms with E-state index < -0.39 is 11.9 Å². The van der Waals surface area contributed by atoms with Gasteiger partial charge in [0.2, 0.25) is 0 Å². The second-order valence-electron chi connectivity index (χ2n) is 4.42. The first kappa shape index (κ1) is 15.5. The SMILES string of the molecule is OC(CNc1cc(F)ccc1Cl)COc1ccc(F)cc1. The first-order valence-electron chi connectivity index (χ1n) is 6.30. The zero-order valence-electron chi connectivity index (χ0n) is 11.0. The predicted molar refractivity (Wildman–Crippen MR) is 77.8 cm³/mol. The van der Waals surface area contributed by atoms with E-state index in [-0.39, 0.29) is 19.0 Å². The largest absolute Gasteiger partial charge is 0.491 e. The van der Waals surface area contributed by atoms with Gasteiger partial charge in [-0.05, 0) is 42.5 Å². The Balaban J connectivity index is 1.80. The van der Waals surface area contributed by atoms with Crippen molar-refractivity contribution in [1.82, 2.24) is 0 Å². The van der Waals surface area contributed by atoms with Crippen molar-refractivity contribution in [2.24, 2.45) is 0 Å². The molecule has 112 valence electrons. The van der Waals surface area contributed by atoms with Gasteiger partial charge in [-0.15, -0.1) is 0 Å². The monoisotopic (exact) mass is 313 g/mol. The van der Waals surface area contributed by atoms with Crippen LogP contribution in [0.3, 0.4) is 0 Å². The number of ether oxygens (including phenoxy) is 1. The number of hydrogen-bond acceptors (Lipinski definition) is 3. The van der Waals surface area contributed by atoms with Crippen LogP contribution in [-0.4, -0.2) is 24.4 Å². The minimum atomic E-state index is -0.825. The third kappa shape index (κ3) is 4.88. The highest BCUT2D eigenvalue weighted by Crippen LogP contribution is 2.22. The average Bonchev–Trinajstić information content (AvgIpc) is 2.47. The van der Waals surface area contributed by atoms with Gasteiger partial charge in [0, 0.05) is 6.54 Å². The van der Waals surface area contributed by atoms with E-state index >= 15 is 0 Å². The second-order valence-corrected chi connectivity index (χ2v) is 4.83. The summed E-state index contributed by atoms with van der Waals surface area (Å²) in [5.74, 6) is -0.316. The molecule has 0 saturated carbocycles. The van der Waals surface area contributed by atoms with Crippen LogP contribution in [0, 0.1) is 11.6 Å². The second kappa shape index (κ2) is 7.24. The molecule has 0 saturated heterocycles. The number of hydrogen-bond donors (Lipinski definition) is 2. The van der Waals surface area contributed by atoms with E-state index in [1.807, 2.05) is 0 Å². The van der Waals surface area contributed by atoms with Crippen molar-refractivity contribution in [3.8, 4) is 5.75 Å². The fraction of sp³-hybridized carbons (Fsp3) is 0.200. The van der Waals surface area contributed by atoms with Gasteiger partial charge in [0.1, 0.15) is 30.1 Å². The van der Waals surface area contributed by atoms with Crippen LogP contribution in [0.4, 0.5) is 14.5 Å². The zero-order valence-corrected chi connectivity index (χ0v) is 11.8. The van der Waals surface area contributed by atoms with Gasteiger partial charge >= 0.3 is 0 Å². The molecular formula is C15H14ClF2NO2. The average molecular weight is 314 g/mol. The van der Waals surface area contributed by atoms with Crippen LogP contribution in [0.25, 0.3) is 0 Å². The maximum absolute atomic E-state index is 13.1. The number of aliphatic hydroxyl groups excluding tert-OH is 1. The van der Waals surface area contributed by atoms with E-state index in [0.717, 1.165) is 0 Å². The minimum absolute atomic E-state index is 0.0194. The molecule has 0 heterocycles. The third-order valence-corrected chi connectivity index (χ3v) is 3.04. The highest BCUT2D eigenvalue weighted by atomic mass is 35.5. The van der Waals surface area contributed by atoms with E-state index in [1.54, 1.807) is 0 Å². The topological polar surface area (TPSA) is 41.5 Å². The molecule has 0 aliphatic carbocycles. The lowest BCUT2D eigenvalue weighted by atomic mass is 10.3. The van der Waals surface area contributed by atoms with E-state index in [1.165, 1.54) is 42.5 Å². The molecule has 0 aliphatic heterocycles. The van der Waals surface area contributed by atoms with Gasteiger partial charge < -0.3 is 15.2 Å². The first-order valence-corrected chi connectivity index (χ1v) is 6.68. The van der Waals surface area contributed by atoms with Crippen molar-refractivity contribution in [2.45, 2.75) is 6.10 Å². The van der Waals surface area contributed by atoms with Crippen LogP contribution >= 0.6 is 11.6 Å². The summed E-state index contributed by atoms with van der Waals surface area (Å²) in [7, 11) is 0. The summed E-state index contributed by atoms with van der Waals surface area (Å²) in [4.78, 5) is 0. The number of rotatable bonds is 6. The molecule has 0 amide bonds. The lowest BCUT2D eigenvalue weighted by Crippen LogP contribution is -2.26. The number of benzene rings is 2. The van der Waals surface area contributed by atoms with Gasteiger partial charge in [-0.25, -0.2) is 8.78 Å². The number of nitrogens with one attached hydrogen (secondary N) is 1. The highest BCUT2D eigenvalue weighted by molar-refractivity contribution is 6.33. The van der Waals surface area contributed by atoms with Crippen LogP contribution in [0.2, 0.25) is 5.02 Å². The normalized spacial score (nSPS) is 12.0. The summed E-state index contributed by atoms with van der Waals surface area (Å²) >= 11 is 5.89. The van der Waals surface area contributed by atoms with Crippen molar-refractivity contribution < 1.29 is 18.6 Å². The Hall–Kier alpha value is -1.85. The van der Waals surface area contributed by atoms with Crippen molar-refractivity contribution >= 4 is 17.3 Å². The molecule has 2 aromatic carbocycles. The smallest absolute Gasteiger partial charge is 0.125 e. The van der Waals surface area contributed by atoms with Crippen LogP contribution < -0.4 is 10.1 Å². The van der Waals surface area contributed by atoms with Gasteiger partial charge in [0.25, 0.3) is 0 Å². The quantitative estimate of drug-likeness (QED) is 0.858. The Kier molecular flexibility index (Phi) is 5.36. The first-order chi connectivity index (χ1) is 10.0. The van der Waals surface area contributed by atoms with E-state index in [2.05, 4.69) is 5.32 Å². The third-order valence-electron chi connectivity index (χ3n) is 2.71. The molecule has 21 heavy (non-hydrogen) atoms. The molecule has 1 unspecified atom stereocenters. The molecule has 1 atom stereocenters. The Morgan fingerprint density at radius 1 is 1.10 bits per heavy atom. The maximum atomic E-state index is 13.1. The Morgan fingerprint density at radius 3 is 2.48 bits per heavy atom. The fourth-order valence-electron chi connectivity index (χ4n) is 1.64. The molecule has 0 aromatic heterocycles. The zero-order chi connectivity index (χ0) is 15.2. The lowest BCUT2D eigenvalue weighted by Gasteiger charge is -2.14. The Morgan fingerprint density at radius 2 is 1.76 bits per heavy atom. The van der Waals surface area contributed by atoms with E-state index in [9.17, 15) is 13.9 Å². The molecule has 2 N–H and O–H groups in total. The van der Waals surface area contributed by atoms with Crippen molar-refractivity contribution in [1.29, 1.82) is 0 Å². The molecule has 3 nitrogen and oxygen atoms in total. The van der Waals surface area contributed by atoms with Crippen LogP contribution in [0.1, 0.15) is 0 Å². The standard InChI is InChI=1S/C15H14ClF2NO2/c16-14-6-3-11(18)7-15(14)19-8-12(20)9-21-13-4-1-10(17)2-5-13/h1-7,12,19-20H,8-9H2. The van der Waals surface area contributed by atoms with Gasteiger partial charge in [0.15, 0.2) is 0 Å². The van der Waals surface area contributed by atoms with Gasteiger partial charge in [-0.2, -0.15) is 0 Å². The predicted octanol–water partition coefficient (Wildman–Crippen LogP) is 3.47. The summed E-state index contributed by atoms with van der Waals surface area (Å²) in [6.45, 7) is 0.163. The van der Waals surface area contributed by atoms with E-state index in [4.69, 9.17) is 16.3 Å². The Labute approximate surface area is 126 Å². The summed E-state index contributed by atoms with van der Waals surface area (Å²) < 4.78 is 31.1. The number of aliphatic hydroxyl groups is 1. The van der Waals surface area contributed by atoms with Gasteiger partial charge in [-0.1, -0.05) is 11.6 Å². The molecule has 2 rings (SSSR count). The number of anilines is 1. The Bertz CT molecular complexity index is 593. The fourth-order valence-corrected chi connectivity index (χ4v) is 1.83. The minimum Gasteiger partial charge on any atom is -0.491 e. The van der Waals surface area contributed by atoms with Crippen molar-refractivity contribution in [2.75, 3.05) is 18.5 Å². The van der Waals surface area contributed by atoms with Crippen molar-refractivity contribution in [3.63, 3.8) is 0 Å². The summed E-state index contributed by atoms with van der Waals surface area (Å²) in [5.41, 5.74) is 0.400. The van der Waals surface area contributed by atoms with Gasteiger partial charge in [-0.3, -0.25) is 0 Å². The summed E-state index contributed by atoms with van der Waals surface area (Å²) in [6, 6.07) is 9.41. The van der Waals surface area contributed by atoms with E-state index in [0.29, 0.717) is 16.5 Å². The van der Waals surface area contributed by atoms with Gasteiger partial charge in [0.05, 0.1) is 10.7 Å². The van der Waals surface area contributed by atoms with Crippen LogP contribution in [-0.2, 0) is 0 Å². The molecule has 0 bridgehead atoms. The molecule has 0 radical (unpaired) electrons. The molecule has 2 aromatic rings. The lowest BCUT2D eigenvalue weighted by molar-refractivity contribution is 0.117. The molecule has 0 spiro atoms. The molecule has 6 heteroatoms. The molecule has 0 fully saturated rings. The molecule has 0 aliphatic rings. The van der Waals surface area contributed by atoms with Crippen LogP contribution in [0.15, 0.2) is 42.5 Å². The van der Waals surface area contributed by atoms with Crippen LogP contribution in [0.5, 0.6) is 5.75 Å². The summed E-state index contributed by atoms with van der Waals surface area (Å²) in [6.07, 6.45) is -0.825. The number of halogens is 3. The summed E-state index contributed by atoms with van der Waals surface area (Å²) in [5, 5.41) is 13.0.